The van der Waals surface area contributed by atoms with E-state index >= 15 is 0 Å². The van der Waals surface area contributed by atoms with Gasteiger partial charge in [0.05, 0.1) is 23.6 Å². The molecule has 2 aromatic rings. The molecule has 0 spiro atoms. The summed E-state index contributed by atoms with van der Waals surface area (Å²) >= 11 is 0. The molecule has 2 fully saturated rings. The Bertz CT molecular complexity index is 974. The van der Waals surface area contributed by atoms with Gasteiger partial charge in [0, 0.05) is 45.4 Å². The molecule has 0 aliphatic carbocycles. The molecule has 0 bridgehead atoms. The van der Waals surface area contributed by atoms with Crippen LogP contribution in [-0.4, -0.2) is 81.8 Å². The van der Waals surface area contributed by atoms with Crippen LogP contribution in [-0.2, 0) is 22.4 Å². The summed E-state index contributed by atoms with van der Waals surface area (Å²) < 4.78 is 13.2. The van der Waals surface area contributed by atoms with Crippen LogP contribution < -0.4 is 0 Å². The lowest BCUT2D eigenvalue weighted by atomic mass is 9.95. The third-order valence-corrected chi connectivity index (χ3v) is 7.01. The fourth-order valence-electron chi connectivity index (χ4n) is 5.42. The minimum Gasteiger partial charge on any atom is -0.381 e. The Balaban J connectivity index is 1.39. The van der Waals surface area contributed by atoms with Crippen molar-refractivity contribution >= 4 is 5.91 Å². The number of benzene rings is 1. The number of nitrogens with zero attached hydrogens (tertiary/aromatic N) is 5. The number of rotatable bonds is 3. The first-order valence-electron chi connectivity index (χ1n) is 11.8. The van der Waals surface area contributed by atoms with Gasteiger partial charge in [0.1, 0.15) is 0 Å². The predicted molar refractivity (Wildman–Crippen MR) is 120 cm³/mol. The lowest BCUT2D eigenvalue weighted by molar-refractivity contribution is -0.0587. The lowest BCUT2D eigenvalue weighted by Crippen LogP contribution is -2.48. The van der Waals surface area contributed by atoms with Crippen molar-refractivity contribution in [2.24, 2.45) is 0 Å². The maximum atomic E-state index is 13.2. The summed E-state index contributed by atoms with van der Waals surface area (Å²) in [5, 5.41) is 8.73. The van der Waals surface area contributed by atoms with Crippen molar-refractivity contribution in [2.75, 3.05) is 32.8 Å². The molecule has 0 unspecified atom stereocenters. The molecule has 2 saturated heterocycles. The van der Waals surface area contributed by atoms with Crippen LogP contribution in [0.4, 0.5) is 0 Å². The Morgan fingerprint density at radius 2 is 1.88 bits per heavy atom. The van der Waals surface area contributed by atoms with Crippen LogP contribution in [0.3, 0.4) is 0 Å². The van der Waals surface area contributed by atoms with E-state index in [0.717, 1.165) is 56.9 Å². The van der Waals surface area contributed by atoms with Crippen molar-refractivity contribution in [3.8, 4) is 5.69 Å². The zero-order chi connectivity index (χ0) is 22.2. The summed E-state index contributed by atoms with van der Waals surface area (Å²) in [5.74, 6) is -0.0637. The molecule has 4 heterocycles. The third-order valence-electron chi connectivity index (χ3n) is 7.01. The molecule has 8 heteroatoms. The molecule has 8 nitrogen and oxygen atoms in total. The first-order valence-corrected chi connectivity index (χ1v) is 11.8. The number of hydrogen-bond acceptors (Lipinski definition) is 6. The number of ether oxygens (including phenoxy) is 2. The zero-order valence-electron chi connectivity index (χ0n) is 19.3. The summed E-state index contributed by atoms with van der Waals surface area (Å²) in [4.78, 5) is 17.6. The highest BCUT2D eigenvalue weighted by Crippen LogP contribution is 2.29. The molecule has 0 saturated carbocycles. The number of carbonyl (C=O) groups is 1. The quantitative estimate of drug-likeness (QED) is 0.731. The van der Waals surface area contributed by atoms with Crippen molar-refractivity contribution in [1.29, 1.82) is 0 Å². The van der Waals surface area contributed by atoms with Crippen molar-refractivity contribution in [3.63, 3.8) is 0 Å². The molecule has 2 atom stereocenters. The van der Waals surface area contributed by atoms with Gasteiger partial charge < -0.3 is 14.4 Å². The van der Waals surface area contributed by atoms with Crippen LogP contribution >= 0.6 is 0 Å². The summed E-state index contributed by atoms with van der Waals surface area (Å²) in [5.41, 5.74) is 4.93. The lowest BCUT2D eigenvalue weighted by Gasteiger charge is -2.38. The van der Waals surface area contributed by atoms with E-state index in [1.54, 1.807) is 0 Å². The molecule has 0 N–H and O–H groups in total. The van der Waals surface area contributed by atoms with E-state index in [1.165, 1.54) is 11.1 Å². The molecule has 1 aromatic carbocycles. The van der Waals surface area contributed by atoms with Gasteiger partial charge in [-0.3, -0.25) is 9.69 Å². The van der Waals surface area contributed by atoms with E-state index in [-0.39, 0.29) is 18.1 Å². The number of carbonyl (C=O) groups excluding carboxylic acids is 1. The van der Waals surface area contributed by atoms with E-state index in [0.29, 0.717) is 24.8 Å². The van der Waals surface area contributed by atoms with Crippen LogP contribution in [0.5, 0.6) is 0 Å². The first kappa shape index (κ1) is 21.6. The van der Waals surface area contributed by atoms with Crippen LogP contribution in [0.15, 0.2) is 18.2 Å². The first-order chi connectivity index (χ1) is 15.5. The monoisotopic (exact) mass is 439 g/mol. The Labute approximate surface area is 189 Å². The molecular formula is C24H33N5O3. The average molecular weight is 440 g/mol. The van der Waals surface area contributed by atoms with Gasteiger partial charge in [0.2, 0.25) is 0 Å². The summed E-state index contributed by atoms with van der Waals surface area (Å²) in [7, 11) is 0. The van der Waals surface area contributed by atoms with Crippen molar-refractivity contribution in [1.82, 2.24) is 24.8 Å². The van der Waals surface area contributed by atoms with Gasteiger partial charge in [-0.2, -0.15) is 0 Å². The summed E-state index contributed by atoms with van der Waals surface area (Å²) in [6.07, 6.45) is 3.25. The van der Waals surface area contributed by atoms with E-state index in [4.69, 9.17) is 9.47 Å². The average Bonchev–Trinajstić information content (AvgIpc) is 3.18. The van der Waals surface area contributed by atoms with Gasteiger partial charge in [-0.1, -0.05) is 17.3 Å². The van der Waals surface area contributed by atoms with E-state index < -0.39 is 0 Å². The zero-order valence-corrected chi connectivity index (χ0v) is 19.3. The summed E-state index contributed by atoms with van der Waals surface area (Å²) in [6, 6.07) is 7.02. The van der Waals surface area contributed by atoms with Gasteiger partial charge in [0.25, 0.3) is 5.91 Å². The Morgan fingerprint density at radius 1 is 1.12 bits per heavy atom. The van der Waals surface area contributed by atoms with Gasteiger partial charge in [-0.05, 0) is 57.2 Å². The molecule has 1 aromatic heterocycles. The predicted octanol–water partition coefficient (Wildman–Crippen LogP) is 2.36. The third kappa shape index (κ3) is 4.07. The second-order valence-corrected chi connectivity index (χ2v) is 9.38. The fraction of sp³-hybridized carbons (Fsp3) is 0.625. The Kier molecular flexibility index (Phi) is 6.01. The highest BCUT2D eigenvalue weighted by Gasteiger charge is 2.31. The maximum absolute atomic E-state index is 13.2. The molecular weight excluding hydrogens is 406 g/mol. The van der Waals surface area contributed by atoms with Crippen LogP contribution in [0.2, 0.25) is 0 Å². The molecule has 1 amide bonds. The number of aromatic nitrogens is 3. The number of amides is 1. The number of morpholine rings is 1. The smallest absolute Gasteiger partial charge is 0.276 e. The summed E-state index contributed by atoms with van der Waals surface area (Å²) in [6.45, 7) is 10.8. The van der Waals surface area contributed by atoms with Crippen molar-refractivity contribution in [2.45, 2.75) is 64.8 Å². The topological polar surface area (TPSA) is 72.7 Å². The molecule has 3 aliphatic heterocycles. The highest BCUT2D eigenvalue weighted by atomic mass is 16.5. The second-order valence-electron chi connectivity index (χ2n) is 9.38. The normalized spacial score (nSPS) is 25.0. The molecule has 0 radical (unpaired) electrons. The van der Waals surface area contributed by atoms with Crippen LogP contribution in [0, 0.1) is 6.92 Å². The van der Waals surface area contributed by atoms with Crippen LogP contribution in [0.1, 0.15) is 54.0 Å². The minimum atomic E-state index is -0.0637. The highest BCUT2D eigenvalue weighted by molar-refractivity contribution is 5.93. The Morgan fingerprint density at radius 3 is 2.62 bits per heavy atom. The van der Waals surface area contributed by atoms with E-state index in [1.807, 2.05) is 30.4 Å². The Hall–Kier alpha value is -2.29. The molecule has 3 aliphatic rings. The number of fused-ring (bicyclic) bond motifs is 1. The number of hydrogen-bond donors (Lipinski definition) is 0. The second kappa shape index (κ2) is 8.92. The molecule has 5 rings (SSSR count). The standard InChI is InChI=1S/C24H33N5O3/c1-16-13-28(14-17(2)32-16)24(30)23-18(3)29(26-25-23)22-6-4-5-19-15-27(10-7-21(19)22)20-8-11-31-12-9-20/h4-6,16-17,20H,7-15H2,1-3H3/t16-,17-/m1/s1. The molecule has 32 heavy (non-hydrogen) atoms. The van der Waals surface area contributed by atoms with Gasteiger partial charge >= 0.3 is 0 Å². The SMILES string of the molecule is Cc1c(C(=O)N2C[C@@H](C)O[C@H](C)C2)nnn1-c1cccc2c1CCN(C1CCOCC1)C2. The van der Waals surface area contributed by atoms with Gasteiger partial charge in [0.15, 0.2) is 5.69 Å². The van der Waals surface area contributed by atoms with Crippen molar-refractivity contribution in [3.05, 3.63) is 40.7 Å². The van der Waals surface area contributed by atoms with E-state index in [9.17, 15) is 4.79 Å². The largest absolute Gasteiger partial charge is 0.381 e. The van der Waals surface area contributed by atoms with Crippen molar-refractivity contribution < 1.29 is 14.3 Å². The van der Waals surface area contributed by atoms with Gasteiger partial charge in [-0.15, -0.1) is 5.10 Å². The van der Waals surface area contributed by atoms with Crippen LogP contribution in [0.25, 0.3) is 5.69 Å². The van der Waals surface area contributed by atoms with E-state index in [2.05, 4.69) is 33.4 Å². The minimum absolute atomic E-state index is 0.0258. The fourth-order valence-corrected chi connectivity index (χ4v) is 5.42. The van der Waals surface area contributed by atoms with Gasteiger partial charge in [-0.25, -0.2) is 4.68 Å². The maximum Gasteiger partial charge on any atom is 0.276 e. The molecule has 172 valence electrons.